The Morgan fingerprint density at radius 3 is 2.64 bits per heavy atom. The fourth-order valence-corrected chi connectivity index (χ4v) is 2.31. The predicted molar refractivity (Wildman–Crippen MR) is 51.6 cm³/mol. The minimum atomic E-state index is -0.502. The molecule has 1 fully saturated rings. The molecule has 0 saturated heterocycles. The van der Waals surface area contributed by atoms with Gasteiger partial charge in [0, 0.05) is 6.08 Å². The summed E-state index contributed by atoms with van der Waals surface area (Å²) in [5.74, 6) is -0.0193. The second-order valence-electron chi connectivity index (χ2n) is 4.15. The van der Waals surface area contributed by atoms with E-state index in [9.17, 15) is 9.90 Å². The molecule has 0 aromatic carbocycles. The van der Waals surface area contributed by atoms with Gasteiger partial charge in [-0.25, -0.2) is 4.79 Å². The summed E-state index contributed by atoms with van der Waals surface area (Å²) >= 11 is 0. The van der Waals surface area contributed by atoms with Crippen molar-refractivity contribution in [2.24, 2.45) is 5.92 Å². The summed E-state index contributed by atoms with van der Waals surface area (Å²) in [4.78, 5) is 10.8. The lowest BCUT2D eigenvalue weighted by atomic mass is 9.83. The van der Waals surface area contributed by atoms with Crippen LogP contribution in [0.1, 0.15) is 32.1 Å². The molecule has 14 heavy (non-hydrogen) atoms. The summed E-state index contributed by atoms with van der Waals surface area (Å²) in [5.41, 5.74) is 0. The second kappa shape index (κ2) is 4.13. The van der Waals surface area contributed by atoms with Gasteiger partial charge in [0.05, 0.1) is 6.10 Å². The van der Waals surface area contributed by atoms with E-state index < -0.39 is 12.2 Å². The predicted octanol–water partition coefficient (Wildman–Crippen LogP) is 1.41. The number of rotatable bonds is 2. The molecular weight excluding hydrogens is 180 g/mol. The third kappa shape index (κ3) is 1.98. The zero-order valence-electron chi connectivity index (χ0n) is 8.19. The Morgan fingerprint density at radius 1 is 1.36 bits per heavy atom. The van der Waals surface area contributed by atoms with Gasteiger partial charge in [0.15, 0.2) is 0 Å². The normalized spacial score (nSPS) is 30.4. The molecule has 1 saturated carbocycles. The largest absolute Gasteiger partial charge is 0.452 e. The van der Waals surface area contributed by atoms with Crippen LogP contribution in [0, 0.1) is 5.92 Å². The van der Waals surface area contributed by atoms with E-state index in [1.54, 1.807) is 6.08 Å². The van der Waals surface area contributed by atoms with Crippen molar-refractivity contribution in [1.29, 1.82) is 0 Å². The van der Waals surface area contributed by atoms with Crippen LogP contribution < -0.4 is 0 Å². The molecule has 3 nitrogen and oxygen atoms in total. The number of carbonyl (C=O) groups excluding carboxylic acids is 1. The first-order valence-electron chi connectivity index (χ1n) is 5.34. The maximum absolute atomic E-state index is 10.8. The fraction of sp³-hybridized carbons (Fsp3) is 0.727. The number of carbonyl (C=O) groups is 1. The fourth-order valence-electron chi connectivity index (χ4n) is 2.31. The molecular formula is C11H16O3. The number of ether oxygens (including phenoxy) is 1. The first kappa shape index (κ1) is 9.71. The molecule has 0 aromatic heterocycles. The maximum atomic E-state index is 10.8. The smallest absolute Gasteiger partial charge is 0.331 e. The topological polar surface area (TPSA) is 46.5 Å². The van der Waals surface area contributed by atoms with Crippen LogP contribution in [0.15, 0.2) is 12.2 Å². The molecule has 2 aliphatic rings. The highest BCUT2D eigenvalue weighted by Gasteiger charge is 2.31. The molecule has 1 N–H and O–H groups in total. The summed E-state index contributed by atoms with van der Waals surface area (Å²) in [6, 6.07) is 0. The van der Waals surface area contributed by atoms with Gasteiger partial charge in [0.1, 0.15) is 6.10 Å². The summed E-state index contributed by atoms with van der Waals surface area (Å²) in [5, 5.41) is 9.96. The number of hydrogen-bond acceptors (Lipinski definition) is 3. The van der Waals surface area contributed by atoms with Gasteiger partial charge < -0.3 is 9.84 Å². The number of esters is 1. The Kier molecular flexibility index (Phi) is 2.87. The first-order valence-corrected chi connectivity index (χ1v) is 5.34. The number of cyclic esters (lactones) is 1. The molecule has 2 rings (SSSR count). The van der Waals surface area contributed by atoms with E-state index in [1.165, 1.54) is 25.3 Å². The van der Waals surface area contributed by atoms with Gasteiger partial charge in [-0.3, -0.25) is 0 Å². The van der Waals surface area contributed by atoms with Crippen LogP contribution in [-0.4, -0.2) is 23.3 Å². The molecule has 0 spiro atoms. The van der Waals surface area contributed by atoms with Crippen molar-refractivity contribution < 1.29 is 14.6 Å². The SMILES string of the molecule is O=C1C=CC(C(O)C2CCCCC2)O1. The van der Waals surface area contributed by atoms with Crippen molar-refractivity contribution in [3.05, 3.63) is 12.2 Å². The van der Waals surface area contributed by atoms with Crippen molar-refractivity contribution in [2.45, 2.75) is 44.3 Å². The number of aliphatic hydroxyl groups excluding tert-OH is 1. The minimum absolute atomic E-state index is 0.310. The van der Waals surface area contributed by atoms with Crippen molar-refractivity contribution in [2.75, 3.05) is 0 Å². The molecule has 1 aliphatic heterocycles. The monoisotopic (exact) mass is 196 g/mol. The van der Waals surface area contributed by atoms with Crippen LogP contribution in [0.5, 0.6) is 0 Å². The van der Waals surface area contributed by atoms with Gasteiger partial charge in [-0.2, -0.15) is 0 Å². The molecule has 3 heteroatoms. The second-order valence-corrected chi connectivity index (χ2v) is 4.15. The van der Waals surface area contributed by atoms with Crippen molar-refractivity contribution in [1.82, 2.24) is 0 Å². The van der Waals surface area contributed by atoms with Crippen molar-refractivity contribution in [3.63, 3.8) is 0 Å². The van der Waals surface area contributed by atoms with Crippen molar-refractivity contribution in [3.8, 4) is 0 Å². The van der Waals surface area contributed by atoms with Crippen LogP contribution >= 0.6 is 0 Å². The molecule has 0 amide bonds. The quantitative estimate of drug-likeness (QED) is 0.679. The maximum Gasteiger partial charge on any atom is 0.331 e. The molecule has 1 aliphatic carbocycles. The van der Waals surface area contributed by atoms with Crippen LogP contribution in [0.3, 0.4) is 0 Å². The van der Waals surface area contributed by atoms with E-state index in [1.807, 2.05) is 0 Å². The lowest BCUT2D eigenvalue weighted by molar-refractivity contribution is -0.144. The van der Waals surface area contributed by atoms with E-state index in [0.29, 0.717) is 5.92 Å². The molecule has 1 heterocycles. The Balaban J connectivity index is 1.90. The number of hydrogen-bond donors (Lipinski definition) is 1. The lowest BCUT2D eigenvalue weighted by Gasteiger charge is -2.28. The van der Waals surface area contributed by atoms with E-state index in [0.717, 1.165) is 12.8 Å². The summed E-state index contributed by atoms with van der Waals surface area (Å²) in [7, 11) is 0. The first-order chi connectivity index (χ1) is 6.77. The van der Waals surface area contributed by atoms with Gasteiger partial charge in [0.25, 0.3) is 0 Å². The molecule has 0 aromatic rings. The molecule has 78 valence electrons. The van der Waals surface area contributed by atoms with E-state index in [4.69, 9.17) is 4.74 Å². The Morgan fingerprint density at radius 2 is 2.07 bits per heavy atom. The van der Waals surface area contributed by atoms with E-state index in [-0.39, 0.29) is 5.97 Å². The highest BCUT2D eigenvalue weighted by Crippen LogP contribution is 2.29. The van der Waals surface area contributed by atoms with Crippen LogP contribution in [0.4, 0.5) is 0 Å². The van der Waals surface area contributed by atoms with Crippen molar-refractivity contribution >= 4 is 5.97 Å². The molecule has 2 atom stereocenters. The zero-order valence-corrected chi connectivity index (χ0v) is 8.19. The Labute approximate surface area is 83.8 Å². The Bertz CT molecular complexity index is 241. The van der Waals surface area contributed by atoms with Gasteiger partial charge >= 0.3 is 5.97 Å². The van der Waals surface area contributed by atoms with Gasteiger partial charge in [-0.15, -0.1) is 0 Å². The lowest BCUT2D eigenvalue weighted by Crippen LogP contribution is -2.34. The average Bonchev–Trinajstić information content (AvgIpc) is 2.65. The highest BCUT2D eigenvalue weighted by atomic mass is 16.6. The highest BCUT2D eigenvalue weighted by molar-refractivity contribution is 5.84. The minimum Gasteiger partial charge on any atom is -0.452 e. The zero-order chi connectivity index (χ0) is 9.97. The van der Waals surface area contributed by atoms with Gasteiger partial charge in [0.2, 0.25) is 0 Å². The Hall–Kier alpha value is -0.830. The van der Waals surface area contributed by atoms with E-state index >= 15 is 0 Å². The van der Waals surface area contributed by atoms with Gasteiger partial charge in [-0.1, -0.05) is 19.3 Å². The molecule has 2 unspecified atom stereocenters. The summed E-state index contributed by atoms with van der Waals surface area (Å²) in [6.45, 7) is 0. The number of aliphatic hydroxyl groups is 1. The summed E-state index contributed by atoms with van der Waals surface area (Å²) in [6.07, 6.45) is 7.93. The van der Waals surface area contributed by atoms with E-state index in [2.05, 4.69) is 0 Å². The third-order valence-electron chi connectivity index (χ3n) is 3.14. The van der Waals surface area contributed by atoms with Crippen LogP contribution in [0.25, 0.3) is 0 Å². The van der Waals surface area contributed by atoms with Gasteiger partial charge in [-0.05, 0) is 24.8 Å². The standard InChI is InChI=1S/C11H16O3/c12-10-7-6-9(14-10)11(13)8-4-2-1-3-5-8/h6-9,11,13H,1-5H2. The third-order valence-corrected chi connectivity index (χ3v) is 3.14. The summed E-state index contributed by atoms with van der Waals surface area (Å²) < 4.78 is 4.98. The average molecular weight is 196 g/mol. The molecule has 0 radical (unpaired) electrons. The van der Waals surface area contributed by atoms with Crippen LogP contribution in [0.2, 0.25) is 0 Å². The van der Waals surface area contributed by atoms with Crippen LogP contribution in [-0.2, 0) is 9.53 Å². The molecule has 0 bridgehead atoms.